The number of anilines is 2. The predicted molar refractivity (Wildman–Crippen MR) is 118 cm³/mol. The minimum Gasteiger partial charge on any atom is -0.508 e. The Hall–Kier alpha value is -3.75. The second kappa shape index (κ2) is 9.17. The summed E-state index contributed by atoms with van der Waals surface area (Å²) in [4.78, 5) is 39.2. The molecule has 0 aromatic heterocycles. The van der Waals surface area contributed by atoms with Crippen LogP contribution in [0.3, 0.4) is 0 Å². The summed E-state index contributed by atoms with van der Waals surface area (Å²) in [7, 11) is 0. The molecule has 170 valence electrons. The zero-order chi connectivity index (χ0) is 23.5. The van der Waals surface area contributed by atoms with Gasteiger partial charge in [-0.15, -0.1) is 0 Å². The van der Waals surface area contributed by atoms with Crippen LogP contribution in [-0.2, 0) is 25.5 Å². The largest absolute Gasteiger partial charge is 0.508 e. The molecule has 2 atom stereocenters. The molecule has 9 heteroatoms. The van der Waals surface area contributed by atoms with Gasteiger partial charge in [0.05, 0.1) is 6.54 Å². The molecule has 0 aliphatic carbocycles. The first-order chi connectivity index (χ1) is 15.0. The molecule has 1 unspecified atom stereocenters. The van der Waals surface area contributed by atoms with Gasteiger partial charge in [0, 0.05) is 17.8 Å². The van der Waals surface area contributed by atoms with Crippen molar-refractivity contribution in [3.63, 3.8) is 0 Å². The molecule has 32 heavy (non-hydrogen) atoms. The molecule has 1 aliphatic rings. The zero-order valence-electron chi connectivity index (χ0n) is 18.2. The van der Waals surface area contributed by atoms with Gasteiger partial charge in [-0.05, 0) is 62.7 Å². The Morgan fingerprint density at radius 2 is 1.81 bits per heavy atom. The molecule has 2 amide bonds. The summed E-state index contributed by atoms with van der Waals surface area (Å²) in [5.41, 5.74) is 6.74. The number of nitrogens with zero attached hydrogens (tertiary/aromatic N) is 1. The highest BCUT2D eigenvalue weighted by molar-refractivity contribution is 5.96. The van der Waals surface area contributed by atoms with Gasteiger partial charge >= 0.3 is 12.1 Å². The lowest BCUT2D eigenvalue weighted by Gasteiger charge is -2.25. The van der Waals surface area contributed by atoms with E-state index >= 15 is 0 Å². The lowest BCUT2D eigenvalue weighted by atomic mass is 10.0. The lowest BCUT2D eigenvalue weighted by Crippen LogP contribution is -2.49. The molecule has 1 heterocycles. The second-order valence-corrected chi connectivity index (χ2v) is 8.54. The van der Waals surface area contributed by atoms with Crippen molar-refractivity contribution < 1.29 is 29.0 Å². The first kappa shape index (κ1) is 22.9. The van der Waals surface area contributed by atoms with Crippen LogP contribution in [0.15, 0.2) is 48.5 Å². The van der Waals surface area contributed by atoms with Gasteiger partial charge in [-0.25, -0.2) is 9.59 Å². The molecule has 0 bridgehead atoms. The first-order valence-electron chi connectivity index (χ1n) is 10.2. The summed E-state index contributed by atoms with van der Waals surface area (Å²) < 4.78 is 10.7. The van der Waals surface area contributed by atoms with E-state index in [2.05, 4.69) is 5.32 Å². The Morgan fingerprint density at radius 1 is 1.19 bits per heavy atom. The number of nitrogens with two attached hydrogens (primary N) is 1. The molecular formula is C23H27N3O6. The third-order valence-electron chi connectivity index (χ3n) is 4.69. The molecule has 2 aromatic carbocycles. The highest BCUT2D eigenvalue weighted by Gasteiger charge is 2.39. The number of nitrogens with one attached hydrogen (secondary N) is 1. The van der Waals surface area contributed by atoms with Crippen molar-refractivity contribution >= 4 is 29.3 Å². The highest BCUT2D eigenvalue weighted by Crippen LogP contribution is 2.23. The van der Waals surface area contributed by atoms with Gasteiger partial charge in [0.15, 0.2) is 6.10 Å². The molecule has 2 aromatic rings. The SMILES string of the molecule is CC(C)(C)OC(=O)[C@@H](Cc1ccc(O)cc1)NC(=O)C1CN(c2ccc(N)cc2)C(=O)O1. The average molecular weight is 441 g/mol. The van der Waals surface area contributed by atoms with Crippen LogP contribution < -0.4 is 16.0 Å². The van der Waals surface area contributed by atoms with Gasteiger partial charge in [0.1, 0.15) is 17.4 Å². The number of ether oxygens (including phenoxy) is 2. The number of carbonyl (C=O) groups is 3. The van der Waals surface area contributed by atoms with Gasteiger partial charge < -0.3 is 25.6 Å². The summed E-state index contributed by atoms with van der Waals surface area (Å²) in [6.07, 6.45) is -1.62. The monoisotopic (exact) mass is 441 g/mol. The van der Waals surface area contributed by atoms with E-state index in [1.54, 1.807) is 57.2 Å². The molecule has 1 aliphatic heterocycles. The van der Waals surface area contributed by atoms with Gasteiger partial charge in [0.2, 0.25) is 0 Å². The van der Waals surface area contributed by atoms with E-state index in [1.165, 1.54) is 17.0 Å². The number of aromatic hydroxyl groups is 1. The van der Waals surface area contributed by atoms with Crippen LogP contribution in [0.4, 0.5) is 16.2 Å². The van der Waals surface area contributed by atoms with Crippen molar-refractivity contribution in [2.24, 2.45) is 0 Å². The smallest absolute Gasteiger partial charge is 0.415 e. The minimum absolute atomic E-state index is 0.00513. The Kier molecular flexibility index (Phi) is 6.57. The summed E-state index contributed by atoms with van der Waals surface area (Å²) in [6, 6.07) is 11.9. The van der Waals surface area contributed by atoms with E-state index in [0.29, 0.717) is 16.9 Å². The molecule has 9 nitrogen and oxygen atoms in total. The number of benzene rings is 2. The number of carbonyl (C=O) groups excluding carboxylic acids is 3. The molecule has 0 saturated carbocycles. The zero-order valence-corrected chi connectivity index (χ0v) is 18.2. The van der Waals surface area contributed by atoms with Crippen molar-refractivity contribution in [2.45, 2.75) is 44.9 Å². The fourth-order valence-electron chi connectivity index (χ4n) is 3.16. The number of phenols is 1. The fraction of sp³-hybridized carbons (Fsp3) is 0.348. The van der Waals surface area contributed by atoms with Gasteiger partial charge in [-0.3, -0.25) is 9.69 Å². The lowest BCUT2D eigenvalue weighted by molar-refractivity contribution is -0.159. The van der Waals surface area contributed by atoms with E-state index in [-0.39, 0.29) is 18.7 Å². The Labute approximate surface area is 186 Å². The number of hydrogen-bond acceptors (Lipinski definition) is 7. The normalized spacial score (nSPS) is 16.9. The molecule has 0 radical (unpaired) electrons. The molecule has 1 fully saturated rings. The summed E-state index contributed by atoms with van der Waals surface area (Å²) in [6.45, 7) is 5.18. The van der Waals surface area contributed by atoms with Gasteiger partial charge in [-0.1, -0.05) is 12.1 Å². The average Bonchev–Trinajstić information content (AvgIpc) is 3.10. The molecule has 0 spiro atoms. The molecule has 4 N–H and O–H groups in total. The third-order valence-corrected chi connectivity index (χ3v) is 4.69. The van der Waals surface area contributed by atoms with Crippen LogP contribution in [0, 0.1) is 0 Å². The number of amides is 2. The molecule has 3 rings (SSSR count). The number of nitrogen functional groups attached to an aromatic ring is 1. The predicted octanol–water partition coefficient (Wildman–Crippen LogP) is 2.37. The van der Waals surface area contributed by atoms with Crippen molar-refractivity contribution in [3.05, 3.63) is 54.1 Å². The summed E-state index contributed by atoms with van der Waals surface area (Å²) in [5.74, 6) is -1.13. The van der Waals surface area contributed by atoms with Crippen LogP contribution in [0.2, 0.25) is 0 Å². The maximum Gasteiger partial charge on any atom is 0.415 e. The van der Waals surface area contributed by atoms with Crippen LogP contribution in [-0.4, -0.2) is 47.4 Å². The summed E-state index contributed by atoms with van der Waals surface area (Å²) in [5, 5.41) is 12.1. The van der Waals surface area contributed by atoms with E-state index < -0.39 is 35.7 Å². The van der Waals surface area contributed by atoms with Crippen molar-refractivity contribution in [3.8, 4) is 5.75 Å². The minimum atomic E-state index is -1.09. The quantitative estimate of drug-likeness (QED) is 0.463. The maximum absolute atomic E-state index is 12.9. The fourth-order valence-corrected chi connectivity index (χ4v) is 3.16. The highest BCUT2D eigenvalue weighted by atomic mass is 16.6. The van der Waals surface area contributed by atoms with Gasteiger partial charge in [0.25, 0.3) is 5.91 Å². The number of esters is 1. The van der Waals surface area contributed by atoms with E-state index in [4.69, 9.17) is 15.2 Å². The summed E-state index contributed by atoms with van der Waals surface area (Å²) >= 11 is 0. The van der Waals surface area contributed by atoms with Crippen LogP contribution in [0.1, 0.15) is 26.3 Å². The Bertz CT molecular complexity index is 982. The Balaban J connectivity index is 1.72. The number of cyclic esters (lactones) is 1. The third kappa shape index (κ3) is 5.90. The van der Waals surface area contributed by atoms with E-state index in [0.717, 1.165) is 0 Å². The number of hydrogen-bond donors (Lipinski definition) is 3. The van der Waals surface area contributed by atoms with Crippen molar-refractivity contribution in [2.75, 3.05) is 17.2 Å². The molecular weight excluding hydrogens is 414 g/mol. The first-order valence-corrected chi connectivity index (χ1v) is 10.2. The molecule has 1 saturated heterocycles. The maximum atomic E-state index is 12.9. The topological polar surface area (TPSA) is 131 Å². The number of rotatable bonds is 6. The van der Waals surface area contributed by atoms with Crippen molar-refractivity contribution in [1.82, 2.24) is 5.32 Å². The van der Waals surface area contributed by atoms with E-state index in [1.807, 2.05) is 0 Å². The van der Waals surface area contributed by atoms with Crippen LogP contribution in [0.5, 0.6) is 5.75 Å². The van der Waals surface area contributed by atoms with Crippen LogP contribution >= 0.6 is 0 Å². The number of phenolic OH excluding ortho intramolecular Hbond substituents is 1. The van der Waals surface area contributed by atoms with Gasteiger partial charge in [-0.2, -0.15) is 0 Å². The second-order valence-electron chi connectivity index (χ2n) is 8.54. The van der Waals surface area contributed by atoms with Crippen molar-refractivity contribution in [1.29, 1.82) is 0 Å². The van der Waals surface area contributed by atoms with E-state index in [9.17, 15) is 19.5 Å². The van der Waals surface area contributed by atoms with Crippen LogP contribution in [0.25, 0.3) is 0 Å². The Morgan fingerprint density at radius 3 is 2.41 bits per heavy atom. The standard InChI is InChI=1S/C23H27N3O6/c1-23(2,3)32-21(29)18(12-14-4-10-17(27)11-5-14)25-20(28)19-13-26(22(30)31-19)16-8-6-15(24)7-9-16/h4-11,18-19,27H,12-13,24H2,1-3H3,(H,25,28)/t18-,19?/m1/s1.